The van der Waals surface area contributed by atoms with Gasteiger partial charge in [0.05, 0.1) is 9.82 Å². The predicted octanol–water partition coefficient (Wildman–Crippen LogP) is 2.58. The minimum atomic E-state index is -4.01. The topological polar surface area (TPSA) is 113 Å². The molecule has 0 fully saturated rings. The van der Waals surface area contributed by atoms with E-state index in [1.54, 1.807) is 12.1 Å². The van der Waals surface area contributed by atoms with E-state index in [4.69, 9.17) is 9.88 Å². The molecule has 2 aromatic carbocycles. The Kier molecular flexibility index (Phi) is 4.79. The number of nitrogens with two attached hydrogens (primary N) is 1. The third-order valence-corrected chi connectivity index (χ3v) is 4.14. The summed E-state index contributed by atoms with van der Waals surface area (Å²) >= 11 is 3.31. The number of hydrogen-bond acceptors (Lipinski definition) is 5. The fourth-order valence-corrected chi connectivity index (χ4v) is 2.71. The first-order valence-corrected chi connectivity index (χ1v) is 8.30. The average molecular weight is 387 g/mol. The van der Waals surface area contributed by atoms with Crippen LogP contribution in [0.4, 0.5) is 5.69 Å². The predicted molar refractivity (Wildman–Crippen MR) is 82.9 cm³/mol. The highest BCUT2D eigenvalue weighted by atomic mass is 79.9. The molecule has 0 atom stereocenters. The van der Waals surface area contributed by atoms with Gasteiger partial charge in [0.15, 0.2) is 5.75 Å². The van der Waals surface area contributed by atoms with Crippen molar-refractivity contribution in [3.05, 3.63) is 62.6 Å². The molecule has 2 rings (SSSR count). The smallest absolute Gasteiger partial charge is 0.312 e. The van der Waals surface area contributed by atoms with E-state index in [9.17, 15) is 18.5 Å². The molecule has 0 saturated carbocycles. The van der Waals surface area contributed by atoms with Gasteiger partial charge in [-0.05, 0) is 29.8 Å². The van der Waals surface area contributed by atoms with Crippen LogP contribution < -0.4 is 9.88 Å². The first-order valence-electron chi connectivity index (χ1n) is 5.96. The number of nitro benzene ring substituents is 1. The lowest BCUT2D eigenvalue weighted by molar-refractivity contribution is -0.386. The molecule has 0 amide bonds. The van der Waals surface area contributed by atoms with Gasteiger partial charge < -0.3 is 4.74 Å². The largest absolute Gasteiger partial charge is 0.482 e. The number of rotatable bonds is 5. The molecule has 2 aromatic rings. The summed E-state index contributed by atoms with van der Waals surface area (Å²) in [5.74, 6) is -0.0302. The normalized spacial score (nSPS) is 11.2. The SMILES string of the molecule is NS(=O)(=O)c1ccc(OCc2cccc(Br)c2)c([N+](=O)[O-])c1. The van der Waals surface area contributed by atoms with Gasteiger partial charge in [0.2, 0.25) is 10.0 Å². The molecule has 9 heteroatoms. The maximum absolute atomic E-state index is 11.2. The molecule has 0 heterocycles. The highest BCUT2D eigenvalue weighted by Gasteiger charge is 2.20. The number of nitrogens with zero attached hydrogens (tertiary/aromatic N) is 1. The lowest BCUT2D eigenvalue weighted by Crippen LogP contribution is -2.12. The first kappa shape index (κ1) is 16.4. The molecule has 0 saturated heterocycles. The molecule has 2 N–H and O–H groups in total. The van der Waals surface area contributed by atoms with Gasteiger partial charge in [-0.15, -0.1) is 0 Å². The minimum absolute atomic E-state index is 0.0302. The summed E-state index contributed by atoms with van der Waals surface area (Å²) in [5.41, 5.74) is 0.348. The van der Waals surface area contributed by atoms with E-state index >= 15 is 0 Å². The summed E-state index contributed by atoms with van der Waals surface area (Å²) < 4.78 is 28.8. The number of nitro groups is 1. The van der Waals surface area contributed by atoms with Crippen molar-refractivity contribution >= 4 is 31.6 Å². The van der Waals surface area contributed by atoms with Crippen molar-refractivity contribution in [2.45, 2.75) is 11.5 Å². The highest BCUT2D eigenvalue weighted by Crippen LogP contribution is 2.30. The van der Waals surface area contributed by atoms with Crippen LogP contribution in [0.1, 0.15) is 5.56 Å². The second kappa shape index (κ2) is 6.42. The Morgan fingerprint density at radius 1 is 1.23 bits per heavy atom. The first-order chi connectivity index (χ1) is 10.3. The number of sulfonamides is 1. The Bertz CT molecular complexity index is 823. The fourth-order valence-electron chi connectivity index (χ4n) is 1.73. The molecule has 0 aliphatic heterocycles. The van der Waals surface area contributed by atoms with Crippen molar-refractivity contribution in [3.8, 4) is 5.75 Å². The molecule has 0 radical (unpaired) electrons. The van der Waals surface area contributed by atoms with E-state index in [0.717, 1.165) is 16.1 Å². The Morgan fingerprint density at radius 2 is 1.95 bits per heavy atom. The Labute approximate surface area is 135 Å². The molecule has 0 spiro atoms. The Hall–Kier alpha value is -1.97. The average Bonchev–Trinajstić information content (AvgIpc) is 2.44. The molecular weight excluding hydrogens is 376 g/mol. The van der Waals surface area contributed by atoms with E-state index < -0.39 is 20.6 Å². The van der Waals surface area contributed by atoms with Gasteiger partial charge in [0, 0.05) is 10.5 Å². The molecule has 0 aliphatic carbocycles. The van der Waals surface area contributed by atoms with Gasteiger partial charge in [0.1, 0.15) is 6.61 Å². The van der Waals surface area contributed by atoms with Crippen LogP contribution in [0, 0.1) is 10.1 Å². The van der Waals surface area contributed by atoms with E-state index in [2.05, 4.69) is 15.9 Å². The number of primary sulfonamides is 1. The second-order valence-electron chi connectivity index (χ2n) is 4.35. The van der Waals surface area contributed by atoms with E-state index in [-0.39, 0.29) is 17.3 Å². The molecule has 7 nitrogen and oxygen atoms in total. The second-order valence-corrected chi connectivity index (χ2v) is 6.83. The van der Waals surface area contributed by atoms with E-state index in [1.807, 2.05) is 12.1 Å². The minimum Gasteiger partial charge on any atom is -0.482 e. The Morgan fingerprint density at radius 3 is 2.55 bits per heavy atom. The molecule has 116 valence electrons. The van der Waals surface area contributed by atoms with Crippen LogP contribution in [-0.4, -0.2) is 13.3 Å². The van der Waals surface area contributed by atoms with Crippen LogP contribution >= 0.6 is 15.9 Å². The van der Waals surface area contributed by atoms with Crippen molar-refractivity contribution in [1.29, 1.82) is 0 Å². The van der Waals surface area contributed by atoms with Crippen LogP contribution in [0.5, 0.6) is 5.75 Å². The molecule has 0 unspecified atom stereocenters. The quantitative estimate of drug-likeness (QED) is 0.626. The maximum atomic E-state index is 11.2. The third kappa shape index (κ3) is 4.03. The summed E-state index contributed by atoms with van der Waals surface area (Å²) in [5, 5.41) is 16.0. The van der Waals surface area contributed by atoms with Gasteiger partial charge in [-0.2, -0.15) is 0 Å². The lowest BCUT2D eigenvalue weighted by atomic mass is 10.2. The zero-order valence-electron chi connectivity index (χ0n) is 11.1. The monoisotopic (exact) mass is 386 g/mol. The number of halogens is 1. The third-order valence-electron chi connectivity index (χ3n) is 2.74. The standard InChI is InChI=1S/C13H11BrN2O5S/c14-10-3-1-2-9(6-10)8-21-13-5-4-11(22(15,19)20)7-12(13)16(17)18/h1-7H,8H2,(H2,15,19,20). The van der Waals surface area contributed by atoms with Crippen molar-refractivity contribution < 1.29 is 18.1 Å². The summed E-state index contributed by atoms with van der Waals surface area (Å²) in [4.78, 5) is 9.99. The molecular formula is C13H11BrN2O5S. The number of benzene rings is 2. The summed E-state index contributed by atoms with van der Waals surface area (Å²) in [6, 6.07) is 10.5. The summed E-state index contributed by atoms with van der Waals surface area (Å²) in [7, 11) is -4.01. The number of hydrogen-bond donors (Lipinski definition) is 1. The van der Waals surface area contributed by atoms with Gasteiger partial charge in [-0.1, -0.05) is 28.1 Å². The van der Waals surface area contributed by atoms with Crippen LogP contribution in [0.15, 0.2) is 51.8 Å². The van der Waals surface area contributed by atoms with Crippen molar-refractivity contribution in [3.63, 3.8) is 0 Å². The fraction of sp³-hybridized carbons (Fsp3) is 0.0769. The van der Waals surface area contributed by atoms with Crippen LogP contribution in [0.3, 0.4) is 0 Å². The van der Waals surface area contributed by atoms with Gasteiger partial charge >= 0.3 is 5.69 Å². The Balaban J connectivity index is 2.29. The van der Waals surface area contributed by atoms with Gasteiger partial charge in [-0.3, -0.25) is 10.1 Å². The van der Waals surface area contributed by atoms with Gasteiger partial charge in [0.25, 0.3) is 0 Å². The highest BCUT2D eigenvalue weighted by molar-refractivity contribution is 9.10. The lowest BCUT2D eigenvalue weighted by Gasteiger charge is -2.08. The van der Waals surface area contributed by atoms with Gasteiger partial charge in [-0.25, -0.2) is 13.6 Å². The van der Waals surface area contributed by atoms with Crippen molar-refractivity contribution in [2.24, 2.45) is 5.14 Å². The van der Waals surface area contributed by atoms with Crippen molar-refractivity contribution in [2.75, 3.05) is 0 Å². The van der Waals surface area contributed by atoms with E-state index in [0.29, 0.717) is 0 Å². The molecule has 22 heavy (non-hydrogen) atoms. The van der Waals surface area contributed by atoms with Crippen LogP contribution in [0.2, 0.25) is 0 Å². The van der Waals surface area contributed by atoms with E-state index in [1.165, 1.54) is 12.1 Å². The zero-order valence-corrected chi connectivity index (χ0v) is 13.5. The zero-order chi connectivity index (χ0) is 16.3. The summed E-state index contributed by atoms with van der Waals surface area (Å²) in [6.07, 6.45) is 0. The molecule has 0 aliphatic rings. The summed E-state index contributed by atoms with van der Waals surface area (Å²) in [6.45, 7) is 0.106. The van der Waals surface area contributed by atoms with Crippen LogP contribution in [-0.2, 0) is 16.6 Å². The maximum Gasteiger partial charge on any atom is 0.312 e. The molecule has 0 bridgehead atoms. The van der Waals surface area contributed by atoms with Crippen LogP contribution in [0.25, 0.3) is 0 Å². The van der Waals surface area contributed by atoms with Crippen molar-refractivity contribution in [1.82, 2.24) is 0 Å². The molecule has 0 aromatic heterocycles. The number of ether oxygens (including phenoxy) is 1.